The summed E-state index contributed by atoms with van der Waals surface area (Å²) in [6.07, 6.45) is -0.897. The standard InChI is InChI=1S/C31H30N4O9/c1-31(21-12-14-22(36)15-13-21)29(43)34(30(44)35(31)17-19-8-4-2-5-9-19)18-24(37)32-23(16-25(38)39)27(40)33-26(28(41)42)20-10-6-3-7-11-20/h2-15,23,26,36H,16-18H2,1H3,(H,32,37)(H,33,40)(H,38,39)(H,41,42)/t23-,26-,31?/m0/s1. The van der Waals surface area contributed by atoms with Gasteiger partial charge in [0.2, 0.25) is 11.8 Å². The number of nitrogens with zero attached hydrogens (tertiary/aromatic N) is 2. The summed E-state index contributed by atoms with van der Waals surface area (Å²) in [6.45, 7) is 0.666. The molecule has 0 aromatic heterocycles. The molecule has 3 aromatic carbocycles. The molecule has 5 amide bonds. The molecule has 0 saturated carbocycles. The van der Waals surface area contributed by atoms with Crippen molar-refractivity contribution in [1.29, 1.82) is 0 Å². The highest BCUT2D eigenvalue weighted by atomic mass is 16.4. The number of aromatic hydroxyl groups is 1. The van der Waals surface area contributed by atoms with E-state index in [1.165, 1.54) is 48.2 Å². The van der Waals surface area contributed by atoms with Crippen molar-refractivity contribution in [3.05, 3.63) is 102 Å². The molecule has 0 spiro atoms. The first-order valence-corrected chi connectivity index (χ1v) is 13.5. The number of rotatable bonds is 12. The molecule has 5 N–H and O–H groups in total. The Labute approximate surface area is 251 Å². The maximum atomic E-state index is 13.8. The van der Waals surface area contributed by atoms with Gasteiger partial charge in [-0.15, -0.1) is 0 Å². The zero-order valence-corrected chi connectivity index (χ0v) is 23.5. The summed E-state index contributed by atoms with van der Waals surface area (Å²) in [4.78, 5) is 79.0. The predicted octanol–water partition coefficient (Wildman–Crippen LogP) is 1.97. The Morgan fingerprint density at radius 1 is 0.841 bits per heavy atom. The van der Waals surface area contributed by atoms with Crippen molar-refractivity contribution >= 4 is 35.7 Å². The first-order chi connectivity index (χ1) is 20.9. The van der Waals surface area contributed by atoms with Gasteiger partial charge in [0.1, 0.15) is 23.9 Å². The third-order valence-corrected chi connectivity index (χ3v) is 7.27. The second-order valence-electron chi connectivity index (χ2n) is 10.3. The van der Waals surface area contributed by atoms with Crippen molar-refractivity contribution in [2.45, 2.75) is 37.5 Å². The van der Waals surface area contributed by atoms with Crippen LogP contribution in [0.25, 0.3) is 0 Å². The van der Waals surface area contributed by atoms with Gasteiger partial charge in [0, 0.05) is 6.54 Å². The number of urea groups is 1. The smallest absolute Gasteiger partial charge is 0.330 e. The third kappa shape index (κ3) is 6.67. The van der Waals surface area contributed by atoms with E-state index in [2.05, 4.69) is 10.6 Å². The number of carboxylic acids is 2. The molecule has 3 atom stereocenters. The van der Waals surface area contributed by atoms with E-state index < -0.39 is 66.3 Å². The van der Waals surface area contributed by atoms with Crippen molar-refractivity contribution < 1.29 is 44.1 Å². The van der Waals surface area contributed by atoms with Crippen LogP contribution in [0.4, 0.5) is 4.79 Å². The SMILES string of the molecule is CC1(c2ccc(O)cc2)C(=O)N(CC(=O)N[C@@H](CC(=O)O)C(=O)N[C@H](C(=O)O)c2ccccc2)C(=O)N1Cc1ccccc1. The molecule has 3 aromatic rings. The highest BCUT2D eigenvalue weighted by Gasteiger charge is 2.55. The number of nitrogens with one attached hydrogen (secondary N) is 2. The second kappa shape index (κ2) is 13.1. The van der Waals surface area contributed by atoms with Crippen LogP contribution in [0, 0.1) is 0 Å². The summed E-state index contributed by atoms with van der Waals surface area (Å²) < 4.78 is 0. The molecular weight excluding hydrogens is 572 g/mol. The van der Waals surface area contributed by atoms with Crippen LogP contribution in [0.5, 0.6) is 5.75 Å². The first kappa shape index (κ1) is 31.2. The van der Waals surface area contributed by atoms with Crippen molar-refractivity contribution in [3.8, 4) is 5.75 Å². The summed E-state index contributed by atoms with van der Waals surface area (Å²) in [7, 11) is 0. The lowest BCUT2D eigenvalue weighted by molar-refractivity contribution is -0.144. The molecule has 13 nitrogen and oxygen atoms in total. The number of amides is 5. The number of phenols is 1. The van der Waals surface area contributed by atoms with Gasteiger partial charge in [-0.2, -0.15) is 0 Å². The lowest BCUT2D eigenvalue weighted by atomic mass is 9.90. The van der Waals surface area contributed by atoms with Gasteiger partial charge in [0.15, 0.2) is 6.04 Å². The van der Waals surface area contributed by atoms with Gasteiger partial charge in [0.25, 0.3) is 5.91 Å². The summed E-state index contributed by atoms with van der Waals surface area (Å²) in [6, 6.07) is 18.2. The zero-order chi connectivity index (χ0) is 32.0. The zero-order valence-electron chi connectivity index (χ0n) is 23.5. The maximum Gasteiger partial charge on any atom is 0.330 e. The van der Waals surface area contributed by atoms with Gasteiger partial charge < -0.3 is 30.9 Å². The van der Waals surface area contributed by atoms with Gasteiger partial charge in [0.05, 0.1) is 6.42 Å². The highest BCUT2D eigenvalue weighted by Crippen LogP contribution is 2.39. The number of hydrogen-bond acceptors (Lipinski definition) is 7. The maximum absolute atomic E-state index is 13.8. The number of benzene rings is 3. The number of carboxylic acid groups (broad SMARTS) is 2. The number of carbonyl (C=O) groups excluding carboxylic acids is 4. The van der Waals surface area contributed by atoms with Gasteiger partial charge >= 0.3 is 18.0 Å². The second-order valence-corrected chi connectivity index (χ2v) is 10.3. The molecule has 13 heteroatoms. The first-order valence-electron chi connectivity index (χ1n) is 13.5. The molecule has 0 bridgehead atoms. The molecule has 1 fully saturated rings. The molecule has 44 heavy (non-hydrogen) atoms. The average molecular weight is 603 g/mol. The normalized spacial score (nSPS) is 17.6. The molecule has 1 saturated heterocycles. The average Bonchev–Trinajstić information content (AvgIpc) is 3.17. The van der Waals surface area contributed by atoms with E-state index in [0.717, 1.165) is 0 Å². The number of phenolic OH excluding ortho intramolecular Hbond substituents is 1. The fourth-order valence-corrected chi connectivity index (χ4v) is 4.94. The Morgan fingerprint density at radius 2 is 1.43 bits per heavy atom. The van der Waals surface area contributed by atoms with Crippen LogP contribution < -0.4 is 10.6 Å². The molecule has 1 aliphatic heterocycles. The van der Waals surface area contributed by atoms with Crippen LogP contribution in [-0.2, 0) is 36.1 Å². The van der Waals surface area contributed by atoms with Crippen LogP contribution >= 0.6 is 0 Å². The Balaban J connectivity index is 1.56. The van der Waals surface area contributed by atoms with E-state index >= 15 is 0 Å². The quantitative estimate of drug-likeness (QED) is 0.193. The van der Waals surface area contributed by atoms with E-state index in [1.807, 2.05) is 0 Å². The molecular formula is C31H30N4O9. The van der Waals surface area contributed by atoms with Crippen LogP contribution in [0.15, 0.2) is 84.9 Å². The third-order valence-electron chi connectivity index (χ3n) is 7.27. The number of hydrogen-bond donors (Lipinski definition) is 5. The molecule has 1 aliphatic rings. The van der Waals surface area contributed by atoms with Crippen molar-refractivity contribution in [3.63, 3.8) is 0 Å². The summed E-state index contributed by atoms with van der Waals surface area (Å²) in [5.41, 5.74) is -0.289. The lowest BCUT2D eigenvalue weighted by Gasteiger charge is -2.32. The van der Waals surface area contributed by atoms with E-state index in [4.69, 9.17) is 0 Å². The van der Waals surface area contributed by atoms with E-state index in [9.17, 15) is 44.1 Å². The topological polar surface area (TPSA) is 194 Å². The van der Waals surface area contributed by atoms with Crippen LogP contribution in [0.3, 0.4) is 0 Å². The van der Waals surface area contributed by atoms with Gasteiger partial charge in [-0.25, -0.2) is 9.59 Å². The Morgan fingerprint density at radius 3 is 2.00 bits per heavy atom. The number of imide groups is 1. The van der Waals surface area contributed by atoms with E-state index in [-0.39, 0.29) is 17.9 Å². The molecule has 0 aliphatic carbocycles. The van der Waals surface area contributed by atoms with Crippen LogP contribution in [0.1, 0.15) is 36.1 Å². The largest absolute Gasteiger partial charge is 0.508 e. The van der Waals surface area contributed by atoms with Crippen molar-refractivity contribution in [1.82, 2.24) is 20.4 Å². The molecule has 1 unspecified atom stereocenters. The Bertz CT molecular complexity index is 1560. The van der Waals surface area contributed by atoms with Gasteiger partial charge in [-0.05, 0) is 35.7 Å². The summed E-state index contributed by atoms with van der Waals surface area (Å²) >= 11 is 0. The minimum absolute atomic E-state index is 0.00101. The van der Waals surface area contributed by atoms with Crippen LogP contribution in [0.2, 0.25) is 0 Å². The fourth-order valence-electron chi connectivity index (χ4n) is 4.94. The predicted molar refractivity (Wildman–Crippen MR) is 154 cm³/mol. The molecule has 1 heterocycles. The minimum atomic E-state index is -1.72. The van der Waals surface area contributed by atoms with Gasteiger partial charge in [-0.1, -0.05) is 72.8 Å². The van der Waals surface area contributed by atoms with Gasteiger partial charge in [-0.3, -0.25) is 24.1 Å². The summed E-state index contributed by atoms with van der Waals surface area (Å²) in [5, 5.41) is 33.3. The van der Waals surface area contributed by atoms with Crippen LogP contribution in [-0.4, -0.2) is 73.4 Å². The van der Waals surface area contributed by atoms with Crippen molar-refractivity contribution in [2.24, 2.45) is 0 Å². The number of aliphatic carboxylic acids is 2. The number of carbonyl (C=O) groups is 6. The Hall–Kier alpha value is -5.72. The van der Waals surface area contributed by atoms with Crippen molar-refractivity contribution in [2.75, 3.05) is 6.54 Å². The molecule has 4 rings (SSSR count). The minimum Gasteiger partial charge on any atom is -0.508 e. The summed E-state index contributed by atoms with van der Waals surface area (Å²) in [5.74, 6) is -5.79. The lowest BCUT2D eigenvalue weighted by Crippen LogP contribution is -2.52. The van der Waals surface area contributed by atoms with E-state index in [1.54, 1.807) is 48.5 Å². The molecule has 228 valence electrons. The monoisotopic (exact) mass is 602 g/mol. The fraction of sp³-hybridized carbons (Fsp3) is 0.226. The van der Waals surface area contributed by atoms with E-state index in [0.29, 0.717) is 16.0 Å². The highest BCUT2D eigenvalue weighted by molar-refractivity contribution is 6.09. The Kier molecular flexibility index (Phi) is 9.27. The molecule has 0 radical (unpaired) electrons.